The summed E-state index contributed by atoms with van der Waals surface area (Å²) in [7, 11) is -3.40. The summed E-state index contributed by atoms with van der Waals surface area (Å²) >= 11 is 1.26. The number of piperidine rings is 1. The standard InChI is InChI=1S/C11H16N2O3S2/c14-18(15,10-2-1-9-17-10)13-7-8-16-11(13)3-5-12-6-4-11/h1-2,9,12H,3-8H2. The molecule has 0 radical (unpaired) electrons. The summed E-state index contributed by atoms with van der Waals surface area (Å²) in [6.07, 6.45) is 1.44. The molecule has 2 fully saturated rings. The van der Waals surface area contributed by atoms with Crippen molar-refractivity contribution in [1.29, 1.82) is 0 Å². The van der Waals surface area contributed by atoms with E-state index in [9.17, 15) is 8.42 Å². The minimum atomic E-state index is -3.40. The van der Waals surface area contributed by atoms with Crippen molar-refractivity contribution in [2.75, 3.05) is 26.2 Å². The van der Waals surface area contributed by atoms with Crippen LogP contribution in [0.2, 0.25) is 0 Å². The number of ether oxygens (including phenoxy) is 1. The molecule has 100 valence electrons. The predicted octanol–water partition coefficient (Wildman–Crippen LogP) is 0.849. The first-order chi connectivity index (χ1) is 8.65. The Morgan fingerprint density at radius 2 is 2.17 bits per heavy atom. The molecule has 2 aliphatic rings. The van der Waals surface area contributed by atoms with Gasteiger partial charge in [-0.3, -0.25) is 0 Å². The quantitative estimate of drug-likeness (QED) is 0.876. The first-order valence-electron chi connectivity index (χ1n) is 6.06. The smallest absolute Gasteiger partial charge is 0.255 e. The Hall–Kier alpha value is -0.470. The molecule has 0 unspecified atom stereocenters. The summed E-state index contributed by atoms with van der Waals surface area (Å²) in [5.74, 6) is 0. The lowest BCUT2D eigenvalue weighted by molar-refractivity contribution is -0.0704. The molecule has 0 saturated carbocycles. The average molecular weight is 288 g/mol. The van der Waals surface area contributed by atoms with E-state index < -0.39 is 15.7 Å². The molecule has 0 amide bonds. The van der Waals surface area contributed by atoms with E-state index in [1.165, 1.54) is 11.3 Å². The van der Waals surface area contributed by atoms with Gasteiger partial charge in [-0.25, -0.2) is 8.42 Å². The number of nitrogens with zero attached hydrogens (tertiary/aromatic N) is 1. The third kappa shape index (κ3) is 1.90. The first-order valence-corrected chi connectivity index (χ1v) is 8.38. The lowest BCUT2D eigenvalue weighted by Gasteiger charge is -2.39. The Bertz CT molecular complexity index is 506. The molecular formula is C11H16N2O3S2. The largest absolute Gasteiger partial charge is 0.358 e. The van der Waals surface area contributed by atoms with Crippen LogP contribution in [-0.4, -0.2) is 44.7 Å². The van der Waals surface area contributed by atoms with Crippen molar-refractivity contribution in [2.24, 2.45) is 0 Å². The summed E-state index contributed by atoms with van der Waals surface area (Å²) in [5, 5.41) is 5.03. The molecule has 2 aliphatic heterocycles. The fourth-order valence-electron chi connectivity index (χ4n) is 2.66. The zero-order chi connectivity index (χ0) is 12.6. The van der Waals surface area contributed by atoms with Crippen LogP contribution in [0.1, 0.15) is 12.8 Å². The van der Waals surface area contributed by atoms with Gasteiger partial charge in [0, 0.05) is 19.4 Å². The summed E-state index contributed by atoms with van der Waals surface area (Å²) in [6, 6.07) is 3.43. The van der Waals surface area contributed by atoms with Crippen molar-refractivity contribution >= 4 is 21.4 Å². The van der Waals surface area contributed by atoms with Crippen LogP contribution < -0.4 is 5.32 Å². The van der Waals surface area contributed by atoms with Gasteiger partial charge in [0.1, 0.15) is 9.93 Å². The molecule has 5 nitrogen and oxygen atoms in total. The van der Waals surface area contributed by atoms with Gasteiger partial charge >= 0.3 is 0 Å². The maximum Gasteiger partial charge on any atom is 0.255 e. The first kappa shape index (κ1) is 12.6. The van der Waals surface area contributed by atoms with E-state index >= 15 is 0 Å². The van der Waals surface area contributed by atoms with Gasteiger partial charge in [0.2, 0.25) is 0 Å². The highest BCUT2D eigenvalue weighted by Gasteiger charge is 2.49. The Labute approximate surface area is 111 Å². The third-order valence-electron chi connectivity index (χ3n) is 3.54. The number of thiophene rings is 1. The predicted molar refractivity (Wildman–Crippen MR) is 69.0 cm³/mol. The molecular weight excluding hydrogens is 272 g/mol. The fraction of sp³-hybridized carbons (Fsp3) is 0.636. The van der Waals surface area contributed by atoms with Gasteiger partial charge in [-0.15, -0.1) is 11.3 Å². The van der Waals surface area contributed by atoms with E-state index in [2.05, 4.69) is 5.32 Å². The average Bonchev–Trinajstić information content (AvgIpc) is 3.00. The Morgan fingerprint density at radius 3 is 2.83 bits per heavy atom. The van der Waals surface area contributed by atoms with E-state index in [0.29, 0.717) is 17.4 Å². The maximum absolute atomic E-state index is 12.6. The molecule has 18 heavy (non-hydrogen) atoms. The van der Waals surface area contributed by atoms with Gasteiger partial charge in [-0.1, -0.05) is 6.07 Å². The Morgan fingerprint density at radius 1 is 1.39 bits per heavy atom. The molecule has 3 rings (SSSR count). The highest BCUT2D eigenvalue weighted by Crippen LogP contribution is 2.37. The van der Waals surface area contributed by atoms with Crippen LogP contribution in [0.4, 0.5) is 0 Å². The van der Waals surface area contributed by atoms with Gasteiger partial charge in [-0.2, -0.15) is 4.31 Å². The molecule has 1 aromatic heterocycles. The molecule has 1 spiro atoms. The van der Waals surface area contributed by atoms with Gasteiger partial charge in [-0.05, 0) is 24.5 Å². The lowest BCUT2D eigenvalue weighted by atomic mass is 10.0. The van der Waals surface area contributed by atoms with Crippen molar-refractivity contribution in [2.45, 2.75) is 22.8 Å². The number of sulfonamides is 1. The van der Waals surface area contributed by atoms with Crippen molar-refractivity contribution < 1.29 is 13.2 Å². The van der Waals surface area contributed by atoms with Crippen LogP contribution in [0.25, 0.3) is 0 Å². The Balaban J connectivity index is 1.96. The third-order valence-corrected chi connectivity index (χ3v) is 6.87. The molecule has 0 bridgehead atoms. The fourth-order valence-corrected chi connectivity index (χ4v) is 5.49. The van der Waals surface area contributed by atoms with Crippen LogP contribution in [-0.2, 0) is 14.8 Å². The van der Waals surface area contributed by atoms with E-state index in [1.807, 2.05) is 0 Å². The second-order valence-corrected chi connectivity index (χ2v) is 7.59. The number of hydrogen-bond donors (Lipinski definition) is 1. The van der Waals surface area contributed by atoms with E-state index in [-0.39, 0.29) is 0 Å². The molecule has 0 atom stereocenters. The molecule has 0 aromatic carbocycles. The topological polar surface area (TPSA) is 58.6 Å². The lowest BCUT2D eigenvalue weighted by Crippen LogP contribution is -2.53. The van der Waals surface area contributed by atoms with Crippen LogP contribution in [0.3, 0.4) is 0 Å². The monoisotopic (exact) mass is 288 g/mol. The van der Waals surface area contributed by atoms with Crippen molar-refractivity contribution in [1.82, 2.24) is 9.62 Å². The molecule has 3 heterocycles. The second-order valence-electron chi connectivity index (χ2n) is 4.55. The van der Waals surface area contributed by atoms with E-state index in [4.69, 9.17) is 4.74 Å². The van der Waals surface area contributed by atoms with Crippen molar-refractivity contribution in [3.05, 3.63) is 17.5 Å². The summed E-state index contributed by atoms with van der Waals surface area (Å²) in [5.41, 5.74) is -0.617. The van der Waals surface area contributed by atoms with Gasteiger partial charge in [0.05, 0.1) is 6.61 Å². The number of hydrogen-bond acceptors (Lipinski definition) is 5. The molecule has 1 N–H and O–H groups in total. The van der Waals surface area contributed by atoms with E-state index in [0.717, 1.165) is 25.9 Å². The molecule has 2 saturated heterocycles. The minimum Gasteiger partial charge on any atom is -0.358 e. The zero-order valence-electron chi connectivity index (χ0n) is 9.96. The highest BCUT2D eigenvalue weighted by atomic mass is 32.2. The molecule has 7 heteroatoms. The normalized spacial score (nSPS) is 24.7. The van der Waals surface area contributed by atoms with Crippen LogP contribution >= 0.6 is 11.3 Å². The maximum atomic E-state index is 12.6. The summed E-state index contributed by atoms with van der Waals surface area (Å²) < 4.78 is 33.0. The van der Waals surface area contributed by atoms with Gasteiger partial charge < -0.3 is 10.1 Å². The van der Waals surface area contributed by atoms with Crippen molar-refractivity contribution in [3.8, 4) is 0 Å². The summed E-state index contributed by atoms with van der Waals surface area (Å²) in [4.78, 5) is 0. The van der Waals surface area contributed by atoms with E-state index in [1.54, 1.807) is 21.8 Å². The molecule has 0 aliphatic carbocycles. The van der Waals surface area contributed by atoms with Gasteiger partial charge in [0.25, 0.3) is 10.0 Å². The summed E-state index contributed by atoms with van der Waals surface area (Å²) in [6.45, 7) is 2.55. The van der Waals surface area contributed by atoms with Crippen LogP contribution in [0.5, 0.6) is 0 Å². The van der Waals surface area contributed by atoms with Crippen LogP contribution in [0.15, 0.2) is 21.7 Å². The Kier molecular flexibility index (Phi) is 3.19. The van der Waals surface area contributed by atoms with Gasteiger partial charge in [0.15, 0.2) is 0 Å². The SMILES string of the molecule is O=S(=O)(c1cccs1)N1CCOC12CCNCC2. The highest BCUT2D eigenvalue weighted by molar-refractivity contribution is 7.91. The zero-order valence-corrected chi connectivity index (χ0v) is 11.6. The minimum absolute atomic E-state index is 0.408. The number of rotatable bonds is 2. The van der Waals surface area contributed by atoms with Crippen LogP contribution in [0, 0.1) is 0 Å². The molecule has 1 aromatic rings. The second kappa shape index (κ2) is 4.57. The van der Waals surface area contributed by atoms with Crippen molar-refractivity contribution in [3.63, 3.8) is 0 Å². The number of nitrogens with one attached hydrogen (secondary N) is 1.